The van der Waals surface area contributed by atoms with Crippen LogP contribution in [0.5, 0.6) is 5.75 Å². The first-order valence-corrected chi connectivity index (χ1v) is 8.06. The highest BCUT2D eigenvalue weighted by atomic mass is 79.9. The molecule has 22 heavy (non-hydrogen) atoms. The molecule has 0 saturated carbocycles. The molecule has 0 aliphatic carbocycles. The minimum absolute atomic E-state index is 0.0719. The van der Waals surface area contributed by atoms with Gasteiger partial charge in [0, 0.05) is 15.6 Å². The zero-order chi connectivity index (χ0) is 15.5. The van der Waals surface area contributed by atoms with E-state index < -0.39 is 5.91 Å². The molecule has 0 aliphatic heterocycles. The van der Waals surface area contributed by atoms with Crippen LogP contribution in [0.25, 0.3) is 10.1 Å². The highest BCUT2D eigenvalue weighted by molar-refractivity contribution is 9.11. The summed E-state index contributed by atoms with van der Waals surface area (Å²) in [6.45, 7) is 0. The van der Waals surface area contributed by atoms with Crippen molar-refractivity contribution < 1.29 is 9.90 Å². The number of aromatic hydroxyl groups is 1. The summed E-state index contributed by atoms with van der Waals surface area (Å²) < 4.78 is 2.09. The highest BCUT2D eigenvalue weighted by Crippen LogP contribution is 2.34. The molecule has 0 saturated heterocycles. The van der Waals surface area contributed by atoms with E-state index >= 15 is 0 Å². The predicted octanol–water partition coefficient (Wildman–Crippen LogP) is 4.13. The topological polar surface area (TPSA) is 61.7 Å². The smallest absolute Gasteiger partial charge is 0.275 e. The quantitative estimate of drug-likeness (QED) is 0.534. The second-order valence-corrected chi connectivity index (χ2v) is 6.87. The Kier molecular flexibility index (Phi) is 4.22. The lowest BCUT2D eigenvalue weighted by molar-refractivity contribution is 0.0952. The molecule has 6 heteroatoms. The average Bonchev–Trinajstić information content (AvgIpc) is 2.83. The molecule has 1 amide bonds. The van der Waals surface area contributed by atoms with E-state index in [1.807, 2.05) is 24.3 Å². The lowest BCUT2D eigenvalue weighted by Gasteiger charge is -2.01. The van der Waals surface area contributed by atoms with Gasteiger partial charge in [-0.3, -0.25) is 4.79 Å². The molecule has 0 unspecified atom stereocenters. The molecule has 110 valence electrons. The van der Waals surface area contributed by atoms with Crippen molar-refractivity contribution >= 4 is 49.5 Å². The Morgan fingerprint density at radius 1 is 1.18 bits per heavy atom. The minimum Gasteiger partial charge on any atom is -0.507 e. The van der Waals surface area contributed by atoms with Gasteiger partial charge in [0.15, 0.2) is 0 Å². The number of phenolic OH excluding ortho intramolecular Hbond substituents is 1. The number of hydrogen-bond donors (Lipinski definition) is 2. The third-order valence-electron chi connectivity index (χ3n) is 3.10. The highest BCUT2D eigenvalue weighted by Gasteiger charge is 2.10. The number of para-hydroxylation sites is 1. The van der Waals surface area contributed by atoms with Crippen LogP contribution in [0, 0.1) is 0 Å². The number of thiophene rings is 1. The summed E-state index contributed by atoms with van der Waals surface area (Å²) in [4.78, 5) is 11.9. The first kappa shape index (κ1) is 14.7. The zero-order valence-corrected chi connectivity index (χ0v) is 13.7. The van der Waals surface area contributed by atoms with Crippen LogP contribution in [0.3, 0.4) is 0 Å². The fraction of sp³-hybridized carbons (Fsp3) is 0. The molecule has 1 heterocycles. The van der Waals surface area contributed by atoms with Crippen LogP contribution in [0.1, 0.15) is 15.9 Å². The third kappa shape index (κ3) is 2.88. The molecular weight excluding hydrogens is 364 g/mol. The first-order chi connectivity index (χ1) is 10.7. The molecule has 3 aromatic rings. The van der Waals surface area contributed by atoms with Gasteiger partial charge < -0.3 is 5.11 Å². The molecule has 0 aliphatic rings. The van der Waals surface area contributed by atoms with Crippen LogP contribution in [-0.2, 0) is 0 Å². The van der Waals surface area contributed by atoms with Crippen molar-refractivity contribution in [1.29, 1.82) is 0 Å². The summed E-state index contributed by atoms with van der Waals surface area (Å²) >= 11 is 5.12. The SMILES string of the molecule is O=C(NN=Cc1c(Br)sc2ccccc12)c1ccccc1O. The largest absolute Gasteiger partial charge is 0.507 e. The maximum absolute atomic E-state index is 11.9. The Morgan fingerprint density at radius 3 is 2.73 bits per heavy atom. The van der Waals surface area contributed by atoms with Gasteiger partial charge in [0.25, 0.3) is 5.91 Å². The van der Waals surface area contributed by atoms with Gasteiger partial charge in [-0.05, 0) is 34.1 Å². The summed E-state index contributed by atoms with van der Waals surface area (Å²) in [5, 5.41) is 14.7. The second kappa shape index (κ2) is 6.29. The molecule has 2 aromatic carbocycles. The van der Waals surface area contributed by atoms with E-state index in [1.54, 1.807) is 29.7 Å². The van der Waals surface area contributed by atoms with E-state index in [9.17, 15) is 9.90 Å². The first-order valence-electron chi connectivity index (χ1n) is 6.45. The van der Waals surface area contributed by atoms with Crippen molar-refractivity contribution in [2.45, 2.75) is 0 Å². The monoisotopic (exact) mass is 374 g/mol. The molecule has 0 bridgehead atoms. The normalized spacial score (nSPS) is 11.1. The maximum Gasteiger partial charge on any atom is 0.275 e. The van der Waals surface area contributed by atoms with E-state index in [1.165, 1.54) is 12.1 Å². The summed E-state index contributed by atoms with van der Waals surface area (Å²) in [6, 6.07) is 14.3. The Morgan fingerprint density at radius 2 is 1.91 bits per heavy atom. The number of amides is 1. The van der Waals surface area contributed by atoms with E-state index in [-0.39, 0.29) is 11.3 Å². The van der Waals surface area contributed by atoms with Crippen LogP contribution in [-0.4, -0.2) is 17.2 Å². The summed E-state index contributed by atoms with van der Waals surface area (Å²) in [7, 11) is 0. The van der Waals surface area contributed by atoms with E-state index in [4.69, 9.17) is 0 Å². The Balaban J connectivity index is 1.81. The van der Waals surface area contributed by atoms with Crippen molar-refractivity contribution in [2.24, 2.45) is 5.10 Å². The molecule has 0 atom stereocenters. The van der Waals surface area contributed by atoms with Gasteiger partial charge in [-0.15, -0.1) is 11.3 Å². The Labute approximate surface area is 139 Å². The predicted molar refractivity (Wildman–Crippen MR) is 92.7 cm³/mol. The fourth-order valence-electron chi connectivity index (χ4n) is 2.04. The summed E-state index contributed by atoms with van der Waals surface area (Å²) in [6.07, 6.45) is 1.60. The number of benzene rings is 2. The van der Waals surface area contributed by atoms with Crippen molar-refractivity contribution in [2.75, 3.05) is 0 Å². The van der Waals surface area contributed by atoms with Gasteiger partial charge in [0.2, 0.25) is 0 Å². The molecule has 2 N–H and O–H groups in total. The van der Waals surface area contributed by atoms with Gasteiger partial charge in [-0.25, -0.2) is 5.43 Å². The second-order valence-electron chi connectivity index (χ2n) is 4.50. The molecule has 0 radical (unpaired) electrons. The number of carbonyl (C=O) groups excluding carboxylic acids is 1. The van der Waals surface area contributed by atoms with Crippen LogP contribution < -0.4 is 5.43 Å². The van der Waals surface area contributed by atoms with E-state index in [0.29, 0.717) is 0 Å². The molecule has 0 spiro atoms. The maximum atomic E-state index is 11.9. The number of phenols is 1. The molecule has 4 nitrogen and oxygen atoms in total. The third-order valence-corrected chi connectivity index (χ3v) is 4.98. The van der Waals surface area contributed by atoms with Crippen molar-refractivity contribution in [1.82, 2.24) is 5.43 Å². The molecular formula is C16H11BrN2O2S. The van der Waals surface area contributed by atoms with Crippen LogP contribution in [0.2, 0.25) is 0 Å². The van der Waals surface area contributed by atoms with Gasteiger partial charge in [0.05, 0.1) is 15.6 Å². The standard InChI is InChI=1S/C16H11BrN2O2S/c17-15-12(10-5-2-4-8-14(10)22-15)9-18-19-16(21)11-6-1-3-7-13(11)20/h1-9,20H,(H,19,21). The van der Waals surface area contributed by atoms with Crippen LogP contribution in [0.15, 0.2) is 57.4 Å². The Bertz CT molecular complexity index is 873. The van der Waals surface area contributed by atoms with Gasteiger partial charge in [-0.2, -0.15) is 5.10 Å². The Hall–Kier alpha value is -2.18. The average molecular weight is 375 g/mol. The van der Waals surface area contributed by atoms with Crippen molar-refractivity contribution in [3.05, 3.63) is 63.4 Å². The van der Waals surface area contributed by atoms with Gasteiger partial charge >= 0.3 is 0 Å². The molecule has 3 rings (SSSR count). The van der Waals surface area contributed by atoms with E-state index in [2.05, 4.69) is 26.5 Å². The number of hydrazone groups is 1. The lowest BCUT2D eigenvalue weighted by atomic mass is 10.2. The van der Waals surface area contributed by atoms with E-state index in [0.717, 1.165) is 19.4 Å². The fourth-order valence-corrected chi connectivity index (χ4v) is 3.78. The lowest BCUT2D eigenvalue weighted by Crippen LogP contribution is -2.17. The van der Waals surface area contributed by atoms with Gasteiger partial charge in [0.1, 0.15) is 5.75 Å². The minimum atomic E-state index is -0.454. The van der Waals surface area contributed by atoms with Crippen LogP contribution >= 0.6 is 27.3 Å². The molecule has 1 aromatic heterocycles. The summed E-state index contributed by atoms with van der Waals surface area (Å²) in [5.41, 5.74) is 3.53. The number of rotatable bonds is 3. The number of nitrogens with one attached hydrogen (secondary N) is 1. The van der Waals surface area contributed by atoms with Crippen molar-refractivity contribution in [3.63, 3.8) is 0 Å². The number of fused-ring (bicyclic) bond motifs is 1. The zero-order valence-electron chi connectivity index (χ0n) is 11.3. The van der Waals surface area contributed by atoms with Gasteiger partial charge in [-0.1, -0.05) is 30.3 Å². The molecule has 0 fully saturated rings. The number of halogens is 1. The number of hydrogen-bond acceptors (Lipinski definition) is 4. The van der Waals surface area contributed by atoms with Crippen molar-refractivity contribution in [3.8, 4) is 5.75 Å². The van der Waals surface area contributed by atoms with Crippen LogP contribution in [0.4, 0.5) is 0 Å². The number of nitrogens with zero attached hydrogens (tertiary/aromatic N) is 1. The summed E-state index contributed by atoms with van der Waals surface area (Å²) in [5.74, 6) is -0.526. The number of carbonyl (C=O) groups is 1.